The molecule has 0 N–H and O–H groups in total. The molecule has 2 nitrogen and oxygen atoms in total. The Bertz CT molecular complexity index is 869. The van der Waals surface area contributed by atoms with Crippen LogP contribution >= 0.6 is 0 Å². The Labute approximate surface area is 282 Å². The topological polar surface area (TPSA) is 17.8 Å². The van der Waals surface area contributed by atoms with E-state index in [9.17, 15) is 0 Å². The van der Waals surface area contributed by atoms with E-state index in [1.807, 2.05) is 0 Å². The minimum atomic E-state index is 1.10. The van der Waals surface area contributed by atoms with Crippen LogP contribution in [0.4, 0.5) is 0 Å². The van der Waals surface area contributed by atoms with E-state index < -0.39 is 0 Å². The molecule has 1 aromatic carbocycles. The van der Waals surface area contributed by atoms with Crippen molar-refractivity contribution in [3.05, 3.63) is 53.6 Å². The van der Waals surface area contributed by atoms with Gasteiger partial charge in [-0.15, -0.1) is 0 Å². The molecule has 0 saturated heterocycles. The molecule has 258 valence electrons. The van der Waals surface area contributed by atoms with Gasteiger partial charge in [0.05, 0.1) is 5.69 Å². The molecule has 0 aliphatic heterocycles. The maximum atomic E-state index is 5.18. The van der Waals surface area contributed by atoms with Crippen molar-refractivity contribution in [2.75, 3.05) is 0 Å². The highest BCUT2D eigenvalue weighted by Crippen LogP contribution is 2.17. The molecule has 0 aliphatic carbocycles. The van der Waals surface area contributed by atoms with Gasteiger partial charge in [0.25, 0.3) is 0 Å². The highest BCUT2D eigenvalue weighted by molar-refractivity contribution is 5.15. The molecule has 0 atom stereocenters. The van der Waals surface area contributed by atoms with Crippen LogP contribution in [0.15, 0.2) is 36.5 Å². The number of benzene rings is 1. The first-order valence-electron chi connectivity index (χ1n) is 20.4. The minimum absolute atomic E-state index is 1.10. The molecule has 0 saturated carbocycles. The Morgan fingerprint density at radius 3 is 1.31 bits per heavy atom. The second kappa shape index (κ2) is 29.8. The summed E-state index contributed by atoms with van der Waals surface area (Å²) in [6.45, 7) is 5.78. The van der Waals surface area contributed by atoms with Crippen molar-refractivity contribution in [3.63, 3.8) is 0 Å². The van der Waals surface area contributed by atoms with Gasteiger partial charge in [0.15, 0.2) is 0 Å². The van der Waals surface area contributed by atoms with Gasteiger partial charge in [-0.25, -0.2) is 4.98 Å². The number of nitrogens with zero attached hydrogens (tertiary/aromatic N) is 2. The normalized spacial score (nSPS) is 11.5. The van der Waals surface area contributed by atoms with E-state index in [0.29, 0.717) is 0 Å². The maximum Gasteiger partial charge on any atom is 0.108 e. The second-order valence-corrected chi connectivity index (χ2v) is 14.3. The largest absolute Gasteiger partial charge is 0.335 e. The molecule has 2 heteroatoms. The number of rotatable bonds is 33. The number of hydrogen-bond donors (Lipinski definition) is 0. The third-order valence-electron chi connectivity index (χ3n) is 9.91. The fourth-order valence-electron chi connectivity index (χ4n) is 6.92. The van der Waals surface area contributed by atoms with E-state index in [2.05, 4.69) is 54.9 Å². The van der Waals surface area contributed by atoms with Crippen molar-refractivity contribution >= 4 is 0 Å². The first-order valence-corrected chi connectivity index (χ1v) is 20.4. The lowest BCUT2D eigenvalue weighted by molar-refractivity contribution is 0.513. The standard InChI is InChI=1S/C43H76N2/c1-3-5-7-9-11-13-15-16-17-18-19-20-21-23-25-27-32-39-45-40-42(37-33-36-41-34-29-28-30-35-41)44-43(45)38-31-26-24-22-14-12-10-8-6-4-2/h28-30,34-35,40H,3-27,31-33,36-39H2,1-2H3. The average Bonchev–Trinajstić information content (AvgIpc) is 3.45. The fourth-order valence-corrected chi connectivity index (χ4v) is 6.92. The van der Waals surface area contributed by atoms with Crippen LogP contribution in [-0.4, -0.2) is 9.55 Å². The Hall–Kier alpha value is -1.57. The summed E-state index contributed by atoms with van der Waals surface area (Å²) in [5.41, 5.74) is 2.77. The van der Waals surface area contributed by atoms with Crippen molar-refractivity contribution in [2.24, 2.45) is 0 Å². The zero-order valence-electron chi connectivity index (χ0n) is 30.5. The first-order chi connectivity index (χ1) is 22.3. The highest BCUT2D eigenvalue weighted by atomic mass is 15.1. The van der Waals surface area contributed by atoms with E-state index >= 15 is 0 Å². The summed E-state index contributed by atoms with van der Waals surface area (Å²) < 4.78 is 2.54. The highest BCUT2D eigenvalue weighted by Gasteiger charge is 2.09. The lowest BCUT2D eigenvalue weighted by atomic mass is 10.0. The number of hydrogen-bond acceptors (Lipinski definition) is 1. The molecule has 0 unspecified atom stereocenters. The van der Waals surface area contributed by atoms with E-state index in [4.69, 9.17) is 4.98 Å². The molecular weight excluding hydrogens is 544 g/mol. The van der Waals surface area contributed by atoms with Gasteiger partial charge in [0.1, 0.15) is 5.82 Å². The summed E-state index contributed by atoms with van der Waals surface area (Å²) in [5.74, 6) is 1.36. The predicted octanol–water partition coefficient (Wildman–Crippen LogP) is 14.2. The molecule has 0 spiro atoms. The first kappa shape index (κ1) is 39.6. The van der Waals surface area contributed by atoms with E-state index in [1.165, 1.54) is 197 Å². The summed E-state index contributed by atoms with van der Waals surface area (Å²) in [4.78, 5) is 5.18. The quantitative estimate of drug-likeness (QED) is 0.0726. The predicted molar refractivity (Wildman–Crippen MR) is 200 cm³/mol. The van der Waals surface area contributed by atoms with Gasteiger partial charge in [0, 0.05) is 19.2 Å². The van der Waals surface area contributed by atoms with Gasteiger partial charge in [-0.3, -0.25) is 0 Å². The van der Waals surface area contributed by atoms with Gasteiger partial charge in [-0.1, -0.05) is 205 Å². The third kappa shape index (κ3) is 22.6. The van der Waals surface area contributed by atoms with Crippen molar-refractivity contribution in [2.45, 2.75) is 219 Å². The monoisotopic (exact) mass is 621 g/mol. The van der Waals surface area contributed by atoms with Crippen LogP contribution in [0, 0.1) is 0 Å². The van der Waals surface area contributed by atoms with Crippen molar-refractivity contribution in [1.29, 1.82) is 0 Å². The number of aromatic nitrogens is 2. The lowest BCUT2D eigenvalue weighted by Gasteiger charge is -2.08. The van der Waals surface area contributed by atoms with Gasteiger partial charge >= 0.3 is 0 Å². The summed E-state index contributed by atoms with van der Waals surface area (Å²) in [6.07, 6.45) is 45.4. The zero-order valence-corrected chi connectivity index (χ0v) is 30.5. The molecule has 2 aromatic rings. The summed E-state index contributed by atoms with van der Waals surface area (Å²) in [5, 5.41) is 0. The Morgan fingerprint density at radius 2 is 0.844 bits per heavy atom. The van der Waals surface area contributed by atoms with Gasteiger partial charge in [-0.2, -0.15) is 0 Å². The van der Waals surface area contributed by atoms with Crippen LogP contribution in [0.3, 0.4) is 0 Å². The lowest BCUT2D eigenvalue weighted by Crippen LogP contribution is -2.03. The van der Waals surface area contributed by atoms with Crippen LogP contribution in [0.2, 0.25) is 0 Å². The molecule has 0 radical (unpaired) electrons. The van der Waals surface area contributed by atoms with E-state index in [0.717, 1.165) is 25.8 Å². The molecule has 0 aliphatic rings. The molecule has 1 heterocycles. The molecule has 0 fully saturated rings. The maximum absolute atomic E-state index is 5.18. The molecule has 1 aromatic heterocycles. The second-order valence-electron chi connectivity index (χ2n) is 14.3. The van der Waals surface area contributed by atoms with Crippen LogP contribution in [0.25, 0.3) is 0 Å². The number of unbranched alkanes of at least 4 members (excludes halogenated alkanes) is 25. The minimum Gasteiger partial charge on any atom is -0.335 e. The smallest absolute Gasteiger partial charge is 0.108 e. The summed E-state index contributed by atoms with van der Waals surface area (Å²) in [7, 11) is 0. The van der Waals surface area contributed by atoms with E-state index in [1.54, 1.807) is 0 Å². The summed E-state index contributed by atoms with van der Waals surface area (Å²) >= 11 is 0. The number of aryl methyl sites for hydroxylation is 4. The van der Waals surface area contributed by atoms with Crippen LogP contribution in [0.1, 0.15) is 211 Å². The Kier molecular flexibility index (Phi) is 26.2. The molecule has 45 heavy (non-hydrogen) atoms. The van der Waals surface area contributed by atoms with Crippen molar-refractivity contribution in [1.82, 2.24) is 9.55 Å². The Balaban J connectivity index is 1.57. The van der Waals surface area contributed by atoms with Crippen LogP contribution in [0.5, 0.6) is 0 Å². The molecule has 0 amide bonds. The van der Waals surface area contributed by atoms with Crippen molar-refractivity contribution < 1.29 is 0 Å². The zero-order chi connectivity index (χ0) is 31.9. The van der Waals surface area contributed by atoms with E-state index in [-0.39, 0.29) is 0 Å². The fraction of sp³-hybridized carbons (Fsp3) is 0.791. The molecule has 0 bridgehead atoms. The molecule has 2 rings (SSSR count). The Morgan fingerprint density at radius 1 is 0.422 bits per heavy atom. The third-order valence-corrected chi connectivity index (χ3v) is 9.91. The summed E-state index contributed by atoms with van der Waals surface area (Å²) in [6, 6.07) is 11.0. The van der Waals surface area contributed by atoms with Gasteiger partial charge < -0.3 is 4.57 Å². The van der Waals surface area contributed by atoms with Crippen LogP contribution < -0.4 is 0 Å². The SMILES string of the molecule is CCCCCCCCCCCCCCCCCCCn1cc(CCCc2ccccc2)nc1CCCCCCCCCCCC. The van der Waals surface area contributed by atoms with Crippen molar-refractivity contribution in [3.8, 4) is 0 Å². The van der Waals surface area contributed by atoms with Gasteiger partial charge in [0.2, 0.25) is 0 Å². The van der Waals surface area contributed by atoms with Gasteiger partial charge in [-0.05, 0) is 37.7 Å². The van der Waals surface area contributed by atoms with Crippen LogP contribution in [-0.2, 0) is 25.8 Å². The molecular formula is C43H76N2. The number of imidazole rings is 1. The average molecular weight is 621 g/mol.